The first-order chi connectivity index (χ1) is 14.2. The number of carbonyl (C=O) groups excluding carboxylic acids is 1. The molecule has 0 aromatic heterocycles. The summed E-state index contributed by atoms with van der Waals surface area (Å²) in [6.07, 6.45) is 5.32. The molecule has 0 aliphatic heterocycles. The Hall–Kier alpha value is -3.33. The fourth-order valence-corrected chi connectivity index (χ4v) is 3.10. The number of hydrogen-bond acceptors (Lipinski definition) is 2. The third-order valence-electron chi connectivity index (χ3n) is 4.79. The predicted octanol–water partition coefficient (Wildman–Crippen LogP) is 6.22. The Labute approximate surface area is 173 Å². The second-order valence-corrected chi connectivity index (χ2v) is 6.95. The van der Waals surface area contributed by atoms with Gasteiger partial charge in [-0.3, -0.25) is 4.79 Å². The molecule has 29 heavy (non-hydrogen) atoms. The van der Waals surface area contributed by atoms with Crippen LogP contribution in [0, 0.1) is 0 Å². The molecule has 3 aromatic carbocycles. The Morgan fingerprint density at radius 3 is 2.24 bits per heavy atom. The van der Waals surface area contributed by atoms with Crippen molar-refractivity contribution in [2.75, 3.05) is 12.4 Å². The van der Waals surface area contributed by atoms with Crippen molar-refractivity contribution in [1.82, 2.24) is 0 Å². The molecule has 3 heteroatoms. The molecule has 0 spiro atoms. The minimum Gasteiger partial charge on any atom is -0.497 e. The van der Waals surface area contributed by atoms with Crippen LogP contribution in [0.15, 0.2) is 78.9 Å². The van der Waals surface area contributed by atoms with Crippen LogP contribution in [-0.4, -0.2) is 13.0 Å². The Morgan fingerprint density at radius 2 is 1.62 bits per heavy atom. The monoisotopic (exact) mass is 385 g/mol. The minimum atomic E-state index is -0.131. The largest absolute Gasteiger partial charge is 0.497 e. The molecule has 0 fully saturated rings. The number of amides is 1. The first kappa shape index (κ1) is 20.4. The third kappa shape index (κ3) is 5.82. The zero-order valence-corrected chi connectivity index (χ0v) is 17.0. The van der Waals surface area contributed by atoms with E-state index in [-0.39, 0.29) is 5.91 Å². The highest BCUT2D eigenvalue weighted by Crippen LogP contribution is 2.22. The van der Waals surface area contributed by atoms with E-state index in [1.807, 2.05) is 72.8 Å². The Bertz CT molecular complexity index is 942. The van der Waals surface area contributed by atoms with Gasteiger partial charge in [-0.15, -0.1) is 0 Å². The van der Waals surface area contributed by atoms with Crippen molar-refractivity contribution in [2.45, 2.75) is 26.2 Å². The zero-order chi connectivity index (χ0) is 20.5. The molecule has 1 amide bonds. The van der Waals surface area contributed by atoms with E-state index in [1.54, 1.807) is 7.11 Å². The Balaban J connectivity index is 1.83. The summed E-state index contributed by atoms with van der Waals surface area (Å²) in [4.78, 5) is 13.1. The summed E-state index contributed by atoms with van der Waals surface area (Å²) in [5.41, 5.74) is 4.52. The summed E-state index contributed by atoms with van der Waals surface area (Å²) in [6.45, 7) is 2.19. The maximum atomic E-state index is 13.1. The van der Waals surface area contributed by atoms with Gasteiger partial charge < -0.3 is 10.1 Å². The number of ether oxygens (including phenoxy) is 1. The summed E-state index contributed by atoms with van der Waals surface area (Å²) in [7, 11) is 1.64. The van der Waals surface area contributed by atoms with E-state index in [1.165, 1.54) is 18.4 Å². The molecule has 0 radical (unpaired) electrons. The highest BCUT2D eigenvalue weighted by atomic mass is 16.5. The number of benzene rings is 3. The minimum absolute atomic E-state index is 0.131. The molecule has 0 atom stereocenters. The fraction of sp³-hybridized carbons (Fsp3) is 0.192. The van der Waals surface area contributed by atoms with Crippen LogP contribution in [0.25, 0.3) is 11.6 Å². The van der Waals surface area contributed by atoms with Gasteiger partial charge in [0.1, 0.15) is 5.75 Å². The quantitative estimate of drug-likeness (QED) is 0.369. The SMILES string of the molecule is CCCCc1ccc(NC(=O)/C(=C/c2ccc(OC)cc2)c2ccccc2)cc1. The number of hydrogen-bond donors (Lipinski definition) is 1. The van der Waals surface area contributed by atoms with E-state index in [0.717, 1.165) is 29.0 Å². The summed E-state index contributed by atoms with van der Waals surface area (Å²) in [6, 6.07) is 25.5. The van der Waals surface area contributed by atoms with Crippen LogP contribution in [0.1, 0.15) is 36.5 Å². The van der Waals surface area contributed by atoms with Crippen LogP contribution in [0.5, 0.6) is 5.75 Å². The smallest absolute Gasteiger partial charge is 0.256 e. The molecular weight excluding hydrogens is 358 g/mol. The topological polar surface area (TPSA) is 38.3 Å². The number of anilines is 1. The molecule has 3 nitrogen and oxygen atoms in total. The fourth-order valence-electron chi connectivity index (χ4n) is 3.10. The molecular formula is C26H27NO2. The van der Waals surface area contributed by atoms with Crippen molar-refractivity contribution in [1.29, 1.82) is 0 Å². The number of carbonyl (C=O) groups is 1. The van der Waals surface area contributed by atoms with Crippen LogP contribution >= 0.6 is 0 Å². The summed E-state index contributed by atoms with van der Waals surface area (Å²) in [5, 5.41) is 3.03. The van der Waals surface area contributed by atoms with Gasteiger partial charge in [-0.1, -0.05) is 67.9 Å². The third-order valence-corrected chi connectivity index (χ3v) is 4.79. The molecule has 0 aliphatic carbocycles. The normalized spacial score (nSPS) is 11.2. The lowest BCUT2D eigenvalue weighted by Crippen LogP contribution is -2.13. The van der Waals surface area contributed by atoms with Crippen molar-refractivity contribution < 1.29 is 9.53 Å². The summed E-state index contributed by atoms with van der Waals surface area (Å²) >= 11 is 0. The number of methoxy groups -OCH3 is 1. The Kier molecular flexibility index (Phi) is 7.23. The zero-order valence-electron chi connectivity index (χ0n) is 17.0. The van der Waals surface area contributed by atoms with E-state index in [2.05, 4.69) is 24.4 Å². The van der Waals surface area contributed by atoms with Gasteiger partial charge in [0, 0.05) is 11.3 Å². The lowest BCUT2D eigenvalue weighted by molar-refractivity contribution is -0.111. The number of nitrogens with one attached hydrogen (secondary N) is 1. The first-order valence-electron chi connectivity index (χ1n) is 10.0. The Morgan fingerprint density at radius 1 is 0.931 bits per heavy atom. The molecule has 1 N–H and O–H groups in total. The van der Waals surface area contributed by atoms with E-state index in [0.29, 0.717) is 5.57 Å². The maximum Gasteiger partial charge on any atom is 0.256 e. The molecule has 0 aliphatic rings. The average molecular weight is 386 g/mol. The highest BCUT2D eigenvalue weighted by molar-refractivity contribution is 6.29. The van der Waals surface area contributed by atoms with Crippen molar-refractivity contribution in [3.8, 4) is 5.75 Å². The van der Waals surface area contributed by atoms with Crippen molar-refractivity contribution >= 4 is 23.2 Å². The molecule has 0 bridgehead atoms. The van der Waals surface area contributed by atoms with Crippen LogP contribution < -0.4 is 10.1 Å². The van der Waals surface area contributed by atoms with Crippen molar-refractivity contribution in [3.05, 3.63) is 95.6 Å². The van der Waals surface area contributed by atoms with Gasteiger partial charge in [-0.25, -0.2) is 0 Å². The molecule has 0 heterocycles. The van der Waals surface area contributed by atoms with Crippen molar-refractivity contribution in [2.24, 2.45) is 0 Å². The van der Waals surface area contributed by atoms with Gasteiger partial charge in [0.2, 0.25) is 0 Å². The molecule has 3 rings (SSSR count). The molecule has 0 unspecified atom stereocenters. The number of aryl methyl sites for hydroxylation is 1. The van der Waals surface area contributed by atoms with Gasteiger partial charge in [0.15, 0.2) is 0 Å². The number of rotatable bonds is 8. The number of unbranched alkanes of at least 4 members (excludes halogenated alkanes) is 1. The lowest BCUT2D eigenvalue weighted by Gasteiger charge is -2.11. The van der Waals surface area contributed by atoms with Crippen LogP contribution in [-0.2, 0) is 11.2 Å². The maximum absolute atomic E-state index is 13.1. The van der Waals surface area contributed by atoms with Gasteiger partial charge in [-0.05, 0) is 59.9 Å². The summed E-state index contributed by atoms with van der Waals surface area (Å²) < 4.78 is 5.22. The summed E-state index contributed by atoms with van der Waals surface area (Å²) in [5.74, 6) is 0.657. The van der Waals surface area contributed by atoms with E-state index >= 15 is 0 Å². The van der Waals surface area contributed by atoms with Crippen LogP contribution in [0.3, 0.4) is 0 Å². The van der Waals surface area contributed by atoms with Gasteiger partial charge in [0.05, 0.1) is 7.11 Å². The van der Waals surface area contributed by atoms with Gasteiger partial charge in [-0.2, -0.15) is 0 Å². The molecule has 0 saturated heterocycles. The van der Waals surface area contributed by atoms with Crippen LogP contribution in [0.2, 0.25) is 0 Å². The average Bonchev–Trinajstić information content (AvgIpc) is 2.78. The highest BCUT2D eigenvalue weighted by Gasteiger charge is 2.12. The predicted molar refractivity (Wildman–Crippen MR) is 121 cm³/mol. The molecule has 0 saturated carbocycles. The van der Waals surface area contributed by atoms with Gasteiger partial charge >= 0.3 is 0 Å². The molecule has 148 valence electrons. The van der Waals surface area contributed by atoms with Gasteiger partial charge in [0.25, 0.3) is 5.91 Å². The van der Waals surface area contributed by atoms with E-state index < -0.39 is 0 Å². The van der Waals surface area contributed by atoms with Crippen molar-refractivity contribution in [3.63, 3.8) is 0 Å². The van der Waals surface area contributed by atoms with E-state index in [9.17, 15) is 4.79 Å². The van der Waals surface area contributed by atoms with E-state index in [4.69, 9.17) is 4.74 Å². The standard InChI is InChI=1S/C26H27NO2/c1-3-4-8-20-11-15-23(16-12-20)27-26(28)25(22-9-6-5-7-10-22)19-21-13-17-24(29-2)18-14-21/h5-7,9-19H,3-4,8H2,1-2H3,(H,27,28)/b25-19+. The lowest BCUT2D eigenvalue weighted by atomic mass is 10.0. The molecule has 3 aromatic rings. The first-order valence-corrected chi connectivity index (χ1v) is 10.0. The van der Waals surface area contributed by atoms with Crippen LogP contribution in [0.4, 0.5) is 5.69 Å². The second-order valence-electron chi connectivity index (χ2n) is 6.95. The second kappa shape index (κ2) is 10.3.